The van der Waals surface area contributed by atoms with E-state index in [1.807, 2.05) is 0 Å². The van der Waals surface area contributed by atoms with Crippen molar-refractivity contribution in [3.05, 3.63) is 18.2 Å². The molecule has 18 heavy (non-hydrogen) atoms. The van der Waals surface area contributed by atoms with Crippen molar-refractivity contribution < 1.29 is 29.7 Å². The Labute approximate surface area is 100 Å². The summed E-state index contributed by atoms with van der Waals surface area (Å²) in [6.45, 7) is 0. The van der Waals surface area contributed by atoms with Gasteiger partial charge in [0.15, 0.2) is 0 Å². The fourth-order valence-corrected chi connectivity index (χ4v) is 0.580. The summed E-state index contributed by atoms with van der Waals surface area (Å²) in [5, 5.41) is 42.2. The second-order valence-electron chi connectivity index (χ2n) is 2.01. The summed E-state index contributed by atoms with van der Waals surface area (Å²) in [5.41, 5.74) is 0. The van der Waals surface area contributed by atoms with Gasteiger partial charge in [0, 0.05) is 18.2 Å². The lowest BCUT2D eigenvalue weighted by Gasteiger charge is -1.94. The van der Waals surface area contributed by atoms with Gasteiger partial charge in [-0.25, -0.2) is 30.6 Å². The minimum absolute atomic E-state index is 0.146. The van der Waals surface area contributed by atoms with E-state index >= 15 is 0 Å². The number of rotatable bonds is 0. The van der Waals surface area contributed by atoms with Crippen LogP contribution in [0.4, 0.5) is 0 Å². The molecule has 0 aliphatic heterocycles. The van der Waals surface area contributed by atoms with Crippen LogP contribution in [0.15, 0.2) is 18.2 Å². The van der Waals surface area contributed by atoms with Crippen molar-refractivity contribution in [2.24, 2.45) is 0 Å². The van der Waals surface area contributed by atoms with E-state index < -0.39 is 0 Å². The van der Waals surface area contributed by atoms with E-state index in [1.54, 1.807) is 0 Å². The van der Waals surface area contributed by atoms with Gasteiger partial charge in [-0.05, 0) is 0 Å². The molecule has 0 heterocycles. The Hall–Kier alpha value is -3.24. The van der Waals surface area contributed by atoms with Crippen molar-refractivity contribution in [3.63, 3.8) is 0 Å². The number of phenolic OH excluding ortho intramolecular Hbond substituents is 3. The number of carbonyl (C=O) groups excluding carboxylic acids is 3. The van der Waals surface area contributed by atoms with Gasteiger partial charge in [0.1, 0.15) is 17.2 Å². The largest absolute Gasteiger partial charge is 0.508 e. The Balaban J connectivity index is -0.000000210. The number of nitrogens with one attached hydrogen (secondary N) is 3. The first-order valence-corrected chi connectivity index (χ1v) is 3.77. The highest BCUT2D eigenvalue weighted by atomic mass is 16.3. The number of hydrogen-bond donors (Lipinski definition) is 6. The average molecular weight is 255 g/mol. The van der Waals surface area contributed by atoms with Gasteiger partial charge in [0.2, 0.25) is 18.2 Å². The normalized spacial score (nSPS) is 6.00. The summed E-state index contributed by atoms with van der Waals surface area (Å²) in [4.78, 5) is 25.0. The molecule has 1 aromatic carbocycles. The van der Waals surface area contributed by atoms with Crippen LogP contribution in [0.3, 0.4) is 0 Å². The molecule has 0 aliphatic carbocycles. The van der Waals surface area contributed by atoms with Gasteiger partial charge in [0.05, 0.1) is 0 Å². The summed E-state index contributed by atoms with van der Waals surface area (Å²) >= 11 is 0. The zero-order valence-electron chi connectivity index (χ0n) is 8.80. The summed E-state index contributed by atoms with van der Waals surface area (Å²) in [7, 11) is 0. The fourth-order valence-electron chi connectivity index (χ4n) is 0.580. The quantitative estimate of drug-likeness (QED) is 0.289. The van der Waals surface area contributed by atoms with E-state index in [0.29, 0.717) is 0 Å². The highest BCUT2D eigenvalue weighted by Crippen LogP contribution is 2.23. The first-order chi connectivity index (χ1) is 8.42. The zero-order valence-corrected chi connectivity index (χ0v) is 8.80. The maximum atomic E-state index is 8.67. The molecule has 0 amide bonds. The standard InChI is InChI=1S/C6H6O3.3CHNO/c7-4-1-5(8)3-6(9)2-4;3*2-1-3/h1-3,7-9H;3*2H. The maximum Gasteiger partial charge on any atom is 0.231 e. The molecule has 6 N–H and O–H groups in total. The van der Waals surface area contributed by atoms with Gasteiger partial charge in [-0.15, -0.1) is 0 Å². The van der Waals surface area contributed by atoms with Crippen molar-refractivity contribution in [3.8, 4) is 17.2 Å². The second-order valence-corrected chi connectivity index (χ2v) is 2.01. The van der Waals surface area contributed by atoms with Crippen LogP contribution in [0, 0.1) is 16.2 Å². The Bertz CT molecular complexity index is 363. The molecule has 1 aromatic rings. The van der Waals surface area contributed by atoms with Crippen molar-refractivity contribution >= 4 is 18.2 Å². The predicted octanol–water partition coefficient (Wildman–Crippen LogP) is 0.506. The maximum absolute atomic E-state index is 8.67. The molecule has 0 aliphatic rings. The van der Waals surface area contributed by atoms with Crippen LogP contribution in [0.2, 0.25) is 0 Å². The molecule has 0 fully saturated rings. The van der Waals surface area contributed by atoms with Gasteiger partial charge in [-0.2, -0.15) is 0 Å². The molecule has 96 valence electrons. The fraction of sp³-hybridized carbons (Fsp3) is 0. The van der Waals surface area contributed by atoms with Crippen LogP contribution >= 0.6 is 0 Å². The second kappa shape index (κ2) is 16.2. The van der Waals surface area contributed by atoms with Crippen molar-refractivity contribution in [2.75, 3.05) is 0 Å². The van der Waals surface area contributed by atoms with Gasteiger partial charge in [-0.3, -0.25) is 0 Å². The third-order valence-corrected chi connectivity index (χ3v) is 0.887. The smallest absolute Gasteiger partial charge is 0.231 e. The van der Waals surface area contributed by atoms with Gasteiger partial charge < -0.3 is 15.3 Å². The summed E-state index contributed by atoms with van der Waals surface area (Å²) in [6, 6.07) is 3.42. The Morgan fingerprint density at radius 3 is 0.889 bits per heavy atom. The average Bonchev–Trinajstić information content (AvgIpc) is 2.18. The molecule has 0 bridgehead atoms. The minimum Gasteiger partial charge on any atom is -0.508 e. The van der Waals surface area contributed by atoms with Crippen LogP contribution < -0.4 is 0 Å². The van der Waals surface area contributed by atoms with Crippen LogP contribution in [-0.4, -0.2) is 33.6 Å². The third-order valence-electron chi connectivity index (χ3n) is 0.887. The summed E-state index contributed by atoms with van der Waals surface area (Å²) < 4.78 is 0. The monoisotopic (exact) mass is 255 g/mol. The topological polar surface area (TPSA) is 183 Å². The number of hydrogen-bond acceptors (Lipinski definition) is 9. The van der Waals surface area contributed by atoms with Gasteiger partial charge in [0.25, 0.3) is 0 Å². The van der Waals surface area contributed by atoms with Crippen LogP contribution in [-0.2, 0) is 14.4 Å². The van der Waals surface area contributed by atoms with Crippen LogP contribution in [0.5, 0.6) is 17.2 Å². The van der Waals surface area contributed by atoms with Gasteiger partial charge in [-0.1, -0.05) is 0 Å². The number of benzene rings is 1. The van der Waals surface area contributed by atoms with E-state index in [9.17, 15) is 0 Å². The predicted molar refractivity (Wildman–Crippen MR) is 56.7 cm³/mol. The van der Waals surface area contributed by atoms with E-state index in [0.717, 1.165) is 36.4 Å². The van der Waals surface area contributed by atoms with Crippen molar-refractivity contribution in [2.45, 2.75) is 0 Å². The van der Waals surface area contributed by atoms with E-state index in [2.05, 4.69) is 0 Å². The van der Waals surface area contributed by atoms with E-state index in [4.69, 9.17) is 45.9 Å². The van der Waals surface area contributed by atoms with Crippen LogP contribution in [0.25, 0.3) is 0 Å². The lowest BCUT2D eigenvalue weighted by Crippen LogP contribution is -1.66. The number of isocyanates is 3. The first-order valence-electron chi connectivity index (χ1n) is 3.77. The molecule has 9 nitrogen and oxygen atoms in total. The molecule has 0 saturated heterocycles. The van der Waals surface area contributed by atoms with Crippen molar-refractivity contribution in [1.82, 2.24) is 0 Å². The lowest BCUT2D eigenvalue weighted by atomic mass is 10.3. The SMILES string of the molecule is N=C=O.N=C=O.N=C=O.Oc1cc(O)cc(O)c1. The number of phenols is 3. The Kier molecular flexibility index (Phi) is 18.2. The summed E-state index contributed by atoms with van der Waals surface area (Å²) in [6.07, 6.45) is 2.25. The molecule has 1 rings (SSSR count). The lowest BCUT2D eigenvalue weighted by molar-refractivity contribution is 0.428. The third kappa shape index (κ3) is 23.0. The molecular weight excluding hydrogens is 246 g/mol. The van der Waals surface area contributed by atoms with Crippen LogP contribution in [0.1, 0.15) is 0 Å². The molecule has 0 aromatic heterocycles. The molecule has 0 unspecified atom stereocenters. The highest BCUT2D eigenvalue weighted by Gasteiger charge is 1.94. The Morgan fingerprint density at radius 1 is 0.667 bits per heavy atom. The van der Waals surface area contributed by atoms with E-state index in [-0.39, 0.29) is 17.2 Å². The number of aromatic hydroxyl groups is 3. The minimum atomic E-state index is -0.146. The van der Waals surface area contributed by atoms with Gasteiger partial charge >= 0.3 is 0 Å². The van der Waals surface area contributed by atoms with E-state index in [1.165, 1.54) is 0 Å². The summed E-state index contributed by atoms with van der Waals surface area (Å²) in [5.74, 6) is -0.437. The first kappa shape index (κ1) is 20.2. The molecule has 0 spiro atoms. The molecule has 0 radical (unpaired) electrons. The van der Waals surface area contributed by atoms with Crippen molar-refractivity contribution in [1.29, 1.82) is 16.2 Å². The Morgan fingerprint density at radius 2 is 0.778 bits per heavy atom. The zero-order chi connectivity index (χ0) is 15.0. The highest BCUT2D eigenvalue weighted by molar-refractivity contribution is 5.39. The molecule has 9 heteroatoms. The molecule has 0 atom stereocenters. The molecule has 0 saturated carbocycles. The molecular formula is C9H9N3O6.